The average molecular weight is 203 g/mol. The Morgan fingerprint density at radius 2 is 2.00 bits per heavy atom. The van der Waals surface area contributed by atoms with Crippen molar-refractivity contribution < 1.29 is 14.6 Å². The molecule has 0 aromatic heterocycles. The van der Waals surface area contributed by atoms with Crippen LogP contribution in [-0.4, -0.2) is 36.4 Å². The number of ether oxygens (including phenoxy) is 1. The minimum atomic E-state index is -0.465. The first-order valence-electron chi connectivity index (χ1n) is 4.82. The topological polar surface area (TPSA) is 58.6 Å². The van der Waals surface area contributed by atoms with Crippen molar-refractivity contribution >= 4 is 5.97 Å². The van der Waals surface area contributed by atoms with Gasteiger partial charge in [0.2, 0.25) is 0 Å². The third kappa shape index (κ3) is 4.07. The quantitative estimate of drug-likeness (QED) is 0.640. The van der Waals surface area contributed by atoms with Gasteiger partial charge in [-0.1, -0.05) is 6.92 Å². The summed E-state index contributed by atoms with van der Waals surface area (Å²) in [5, 5.41) is 12.5. The van der Waals surface area contributed by atoms with Gasteiger partial charge in [0.15, 0.2) is 0 Å². The molecule has 0 aromatic carbocycles. The number of nitrogens with one attached hydrogen (secondary N) is 1. The number of aliphatic hydroxyl groups is 1. The summed E-state index contributed by atoms with van der Waals surface area (Å²) < 4.78 is 4.60. The van der Waals surface area contributed by atoms with E-state index in [0.717, 1.165) is 0 Å². The Kier molecular flexibility index (Phi) is 5.08. The summed E-state index contributed by atoms with van der Waals surface area (Å²) in [5.41, 5.74) is -0.387. The highest BCUT2D eigenvalue weighted by atomic mass is 16.5. The van der Waals surface area contributed by atoms with Gasteiger partial charge in [-0.3, -0.25) is 4.79 Å². The molecule has 14 heavy (non-hydrogen) atoms. The normalized spacial score (nSPS) is 16.1. The van der Waals surface area contributed by atoms with E-state index in [-0.39, 0.29) is 17.4 Å². The highest BCUT2D eigenvalue weighted by Gasteiger charge is 2.25. The first-order chi connectivity index (χ1) is 6.31. The van der Waals surface area contributed by atoms with Gasteiger partial charge in [0, 0.05) is 12.1 Å². The molecule has 0 radical (unpaired) electrons. The Hall–Kier alpha value is -0.610. The summed E-state index contributed by atoms with van der Waals surface area (Å²) in [6.45, 7) is 7.79. The highest BCUT2D eigenvalue weighted by molar-refractivity contribution is 5.72. The zero-order valence-electron chi connectivity index (χ0n) is 9.63. The summed E-state index contributed by atoms with van der Waals surface area (Å²) in [5.74, 6) is -0.433. The lowest BCUT2D eigenvalue weighted by Crippen LogP contribution is -2.50. The SMILES string of the molecule is COC(=O)C(C)CNC(C)(C)C(C)O. The number of carbonyl (C=O) groups is 1. The van der Waals surface area contributed by atoms with Crippen molar-refractivity contribution in [2.75, 3.05) is 13.7 Å². The molecule has 0 aliphatic rings. The Morgan fingerprint density at radius 3 is 2.36 bits per heavy atom. The van der Waals surface area contributed by atoms with Crippen molar-refractivity contribution in [3.63, 3.8) is 0 Å². The minimum absolute atomic E-state index is 0.196. The number of rotatable bonds is 5. The molecule has 0 heterocycles. The lowest BCUT2D eigenvalue weighted by Gasteiger charge is -2.30. The number of methoxy groups -OCH3 is 1. The molecular weight excluding hydrogens is 182 g/mol. The number of carbonyl (C=O) groups excluding carboxylic acids is 1. The van der Waals surface area contributed by atoms with E-state index in [2.05, 4.69) is 10.1 Å². The molecule has 0 fully saturated rings. The van der Waals surface area contributed by atoms with Gasteiger partial charge in [0.1, 0.15) is 0 Å². The van der Waals surface area contributed by atoms with E-state index in [1.807, 2.05) is 13.8 Å². The molecule has 0 aromatic rings. The zero-order valence-corrected chi connectivity index (χ0v) is 9.63. The maximum atomic E-state index is 11.1. The Labute approximate surface area is 85.6 Å². The third-order valence-corrected chi connectivity index (χ3v) is 2.51. The van der Waals surface area contributed by atoms with Gasteiger partial charge >= 0.3 is 5.97 Å². The first-order valence-corrected chi connectivity index (χ1v) is 4.82. The van der Waals surface area contributed by atoms with E-state index >= 15 is 0 Å². The molecule has 0 spiro atoms. The molecule has 0 saturated carbocycles. The fourth-order valence-corrected chi connectivity index (χ4v) is 0.848. The van der Waals surface area contributed by atoms with Crippen molar-refractivity contribution in [2.24, 2.45) is 5.92 Å². The van der Waals surface area contributed by atoms with Crippen LogP contribution in [0.4, 0.5) is 0 Å². The molecule has 4 nitrogen and oxygen atoms in total. The minimum Gasteiger partial charge on any atom is -0.469 e. The molecule has 0 amide bonds. The van der Waals surface area contributed by atoms with Crippen molar-refractivity contribution in [1.82, 2.24) is 5.32 Å². The fraction of sp³-hybridized carbons (Fsp3) is 0.900. The van der Waals surface area contributed by atoms with Gasteiger partial charge in [-0.2, -0.15) is 0 Å². The smallest absolute Gasteiger partial charge is 0.309 e. The summed E-state index contributed by atoms with van der Waals surface area (Å²) in [4.78, 5) is 11.1. The van der Waals surface area contributed by atoms with Gasteiger partial charge in [0.05, 0.1) is 19.1 Å². The van der Waals surface area contributed by atoms with Crippen molar-refractivity contribution in [2.45, 2.75) is 39.3 Å². The fourth-order valence-electron chi connectivity index (χ4n) is 0.848. The number of hydrogen-bond donors (Lipinski definition) is 2. The van der Waals surface area contributed by atoms with E-state index in [1.54, 1.807) is 13.8 Å². The van der Waals surface area contributed by atoms with Crippen LogP contribution in [0.5, 0.6) is 0 Å². The van der Waals surface area contributed by atoms with Crippen LogP contribution in [0.2, 0.25) is 0 Å². The van der Waals surface area contributed by atoms with Crippen molar-refractivity contribution in [1.29, 1.82) is 0 Å². The van der Waals surface area contributed by atoms with Crippen molar-refractivity contribution in [3.8, 4) is 0 Å². The maximum absolute atomic E-state index is 11.1. The predicted molar refractivity (Wildman–Crippen MR) is 54.9 cm³/mol. The van der Waals surface area contributed by atoms with E-state index in [0.29, 0.717) is 6.54 Å². The molecule has 2 atom stereocenters. The van der Waals surface area contributed by atoms with Crippen LogP contribution >= 0.6 is 0 Å². The van der Waals surface area contributed by atoms with Gasteiger partial charge in [-0.05, 0) is 20.8 Å². The summed E-state index contributed by atoms with van der Waals surface area (Å²) in [6.07, 6.45) is -0.465. The Bertz CT molecular complexity index is 190. The second-order valence-electron chi connectivity index (χ2n) is 4.20. The summed E-state index contributed by atoms with van der Waals surface area (Å²) >= 11 is 0. The molecule has 2 N–H and O–H groups in total. The molecular formula is C10H21NO3. The number of hydrogen-bond acceptors (Lipinski definition) is 4. The molecule has 0 aliphatic carbocycles. The first kappa shape index (κ1) is 13.4. The van der Waals surface area contributed by atoms with Gasteiger partial charge < -0.3 is 15.2 Å². The van der Waals surface area contributed by atoms with E-state index < -0.39 is 6.10 Å². The van der Waals surface area contributed by atoms with E-state index in [4.69, 9.17) is 0 Å². The molecule has 0 aliphatic heterocycles. The maximum Gasteiger partial charge on any atom is 0.309 e. The second-order valence-corrected chi connectivity index (χ2v) is 4.20. The van der Waals surface area contributed by atoms with E-state index in [9.17, 15) is 9.90 Å². The molecule has 84 valence electrons. The van der Waals surface area contributed by atoms with E-state index in [1.165, 1.54) is 7.11 Å². The molecule has 2 unspecified atom stereocenters. The standard InChI is InChI=1S/C10H21NO3/c1-7(9(13)14-5)6-11-10(3,4)8(2)12/h7-8,11-12H,6H2,1-5H3. The van der Waals surface area contributed by atoms with Gasteiger partial charge in [-0.15, -0.1) is 0 Å². The molecule has 0 saturated heterocycles. The predicted octanol–water partition coefficient (Wildman–Crippen LogP) is 0.544. The zero-order chi connectivity index (χ0) is 11.4. The van der Waals surface area contributed by atoms with Crippen LogP contribution in [0.3, 0.4) is 0 Å². The van der Waals surface area contributed by atoms with Crippen LogP contribution in [0.15, 0.2) is 0 Å². The number of esters is 1. The molecule has 0 bridgehead atoms. The summed E-state index contributed by atoms with van der Waals surface area (Å²) in [6, 6.07) is 0. The van der Waals surface area contributed by atoms with Crippen LogP contribution in [0.25, 0.3) is 0 Å². The Morgan fingerprint density at radius 1 is 1.50 bits per heavy atom. The number of aliphatic hydroxyl groups excluding tert-OH is 1. The Balaban J connectivity index is 3.99. The molecule has 4 heteroatoms. The average Bonchev–Trinajstić information content (AvgIpc) is 2.12. The van der Waals surface area contributed by atoms with Gasteiger partial charge in [0.25, 0.3) is 0 Å². The highest BCUT2D eigenvalue weighted by Crippen LogP contribution is 2.09. The van der Waals surface area contributed by atoms with Crippen molar-refractivity contribution in [3.05, 3.63) is 0 Å². The van der Waals surface area contributed by atoms with Crippen LogP contribution in [-0.2, 0) is 9.53 Å². The molecule has 0 rings (SSSR count). The largest absolute Gasteiger partial charge is 0.469 e. The third-order valence-electron chi connectivity index (χ3n) is 2.51. The van der Waals surface area contributed by atoms with Crippen LogP contribution in [0.1, 0.15) is 27.7 Å². The van der Waals surface area contributed by atoms with Crippen LogP contribution < -0.4 is 5.32 Å². The lowest BCUT2D eigenvalue weighted by molar-refractivity contribution is -0.144. The lowest BCUT2D eigenvalue weighted by atomic mass is 9.98. The monoisotopic (exact) mass is 203 g/mol. The second kappa shape index (κ2) is 5.32. The van der Waals surface area contributed by atoms with Crippen LogP contribution in [0, 0.1) is 5.92 Å². The van der Waals surface area contributed by atoms with Gasteiger partial charge in [-0.25, -0.2) is 0 Å². The summed E-state index contributed by atoms with van der Waals surface area (Å²) in [7, 11) is 1.37.